The smallest absolute Gasteiger partial charge is 0.136 e. The second-order valence-corrected chi connectivity index (χ2v) is 16.0. The van der Waals surface area contributed by atoms with Crippen molar-refractivity contribution in [1.29, 1.82) is 0 Å². The highest BCUT2D eigenvalue weighted by atomic mass is 16.3. The van der Waals surface area contributed by atoms with Gasteiger partial charge in [-0.25, -0.2) is 0 Å². The quantitative estimate of drug-likeness (QED) is 0.179. The third-order valence-electron chi connectivity index (χ3n) is 12.9. The Morgan fingerprint density at radius 1 is 0.288 bits per heavy atom. The van der Waals surface area contributed by atoms with Gasteiger partial charge in [0.05, 0.1) is 5.41 Å². The van der Waals surface area contributed by atoms with Gasteiger partial charge < -0.3 is 8.83 Å². The first kappa shape index (κ1) is 32.4. The first-order valence-corrected chi connectivity index (χ1v) is 20.3. The molecule has 0 amide bonds. The summed E-state index contributed by atoms with van der Waals surface area (Å²) in [7, 11) is 0. The van der Waals surface area contributed by atoms with Crippen LogP contribution in [0, 0.1) is 0 Å². The van der Waals surface area contributed by atoms with E-state index in [1.807, 2.05) is 12.1 Å². The van der Waals surface area contributed by atoms with E-state index in [4.69, 9.17) is 8.83 Å². The summed E-state index contributed by atoms with van der Waals surface area (Å²) < 4.78 is 13.0. The summed E-state index contributed by atoms with van der Waals surface area (Å²) in [6, 6.07) is 75.4. The Balaban J connectivity index is 1.08. The number of hydrogen-bond acceptors (Lipinski definition) is 2. The van der Waals surface area contributed by atoms with E-state index in [0.717, 1.165) is 49.4 Å². The van der Waals surface area contributed by atoms with E-state index < -0.39 is 5.41 Å². The molecule has 1 aliphatic rings. The van der Waals surface area contributed by atoms with Crippen molar-refractivity contribution in [1.82, 2.24) is 0 Å². The molecular weight excluding hydrogens is 717 g/mol. The molecule has 0 radical (unpaired) electrons. The Bertz CT molecular complexity index is 3620. The van der Waals surface area contributed by atoms with Gasteiger partial charge in [0.15, 0.2) is 0 Å². The van der Waals surface area contributed by atoms with Crippen LogP contribution in [0.4, 0.5) is 0 Å². The second kappa shape index (κ2) is 12.2. The maximum Gasteiger partial charge on any atom is 0.136 e. The Labute approximate surface area is 340 Å². The minimum absolute atomic E-state index is 0.588. The summed E-state index contributed by atoms with van der Waals surface area (Å²) >= 11 is 0. The molecular formula is C57H34O2. The Morgan fingerprint density at radius 2 is 0.881 bits per heavy atom. The predicted octanol–water partition coefficient (Wildman–Crippen LogP) is 15.5. The zero-order chi connectivity index (χ0) is 38.7. The molecule has 0 saturated heterocycles. The molecule has 0 fully saturated rings. The van der Waals surface area contributed by atoms with Gasteiger partial charge in [0.25, 0.3) is 0 Å². The van der Waals surface area contributed by atoms with Crippen LogP contribution in [0.3, 0.4) is 0 Å². The minimum atomic E-state index is -0.588. The molecule has 2 heterocycles. The monoisotopic (exact) mass is 750 g/mol. The van der Waals surface area contributed by atoms with E-state index in [2.05, 4.69) is 194 Å². The van der Waals surface area contributed by atoms with Crippen molar-refractivity contribution in [2.45, 2.75) is 5.41 Å². The normalized spacial score (nSPS) is 13.2. The van der Waals surface area contributed by atoms with Gasteiger partial charge in [0.2, 0.25) is 0 Å². The molecule has 2 heteroatoms. The third-order valence-corrected chi connectivity index (χ3v) is 12.9. The van der Waals surface area contributed by atoms with E-state index in [1.54, 1.807) is 0 Å². The number of hydrogen-bond donors (Lipinski definition) is 0. The van der Waals surface area contributed by atoms with Crippen LogP contribution in [0.25, 0.3) is 98.8 Å². The topological polar surface area (TPSA) is 26.3 Å². The molecule has 0 spiro atoms. The maximum atomic E-state index is 6.57. The van der Waals surface area contributed by atoms with Gasteiger partial charge in [0.1, 0.15) is 22.3 Å². The van der Waals surface area contributed by atoms with Crippen LogP contribution in [-0.2, 0) is 5.41 Å². The van der Waals surface area contributed by atoms with E-state index >= 15 is 0 Å². The molecule has 2 aromatic heterocycles. The molecule has 0 aliphatic heterocycles. The van der Waals surface area contributed by atoms with Crippen LogP contribution in [-0.4, -0.2) is 0 Å². The van der Waals surface area contributed by atoms with Gasteiger partial charge in [-0.05, 0) is 132 Å². The highest BCUT2D eigenvalue weighted by molar-refractivity contribution is 6.16. The zero-order valence-electron chi connectivity index (χ0n) is 31.9. The first-order valence-electron chi connectivity index (χ1n) is 20.3. The molecule has 274 valence electrons. The Kier molecular flexibility index (Phi) is 6.68. The lowest BCUT2D eigenvalue weighted by Crippen LogP contribution is -2.28. The Hall–Kier alpha value is -7.68. The molecule has 2 nitrogen and oxygen atoms in total. The molecule has 0 unspecified atom stereocenters. The number of fused-ring (bicyclic) bond motifs is 11. The largest absolute Gasteiger partial charge is 0.456 e. The van der Waals surface area contributed by atoms with E-state index in [9.17, 15) is 0 Å². The number of para-hydroxylation sites is 1. The van der Waals surface area contributed by atoms with Crippen LogP contribution in [0.15, 0.2) is 215 Å². The van der Waals surface area contributed by atoms with Crippen molar-refractivity contribution in [3.8, 4) is 33.4 Å². The van der Waals surface area contributed by atoms with Crippen LogP contribution >= 0.6 is 0 Å². The van der Waals surface area contributed by atoms with Crippen molar-refractivity contribution in [3.05, 3.63) is 229 Å². The summed E-state index contributed by atoms with van der Waals surface area (Å²) in [6.07, 6.45) is 0. The van der Waals surface area contributed by atoms with Crippen molar-refractivity contribution < 1.29 is 8.83 Å². The lowest BCUT2D eigenvalue weighted by atomic mass is 9.67. The molecule has 1 aliphatic carbocycles. The molecule has 0 N–H and O–H groups in total. The highest BCUT2D eigenvalue weighted by Crippen LogP contribution is 2.58. The van der Waals surface area contributed by atoms with Crippen LogP contribution in [0.5, 0.6) is 0 Å². The SMILES string of the molecule is c1ccc(C2(c3ccccc3)c3cc(-c4cccc5oc6cc7ccccc7cc6c45)ccc3-c3cc4cccc(-c5ccc6c(c5)oc5ccccc56)c4cc32)cc1. The standard InChI is InChI=1S/C57H34O2/c1-3-16-40(17-4-1)57(41-18-5-2-6-19-41)50-31-38(43-22-12-24-53-56(43)49-29-35-13-7-8-14-36(35)32-55(49)59-53)25-27-44(50)48-30-37-15-11-21-42(47(37)34-51(48)57)39-26-28-46-45-20-9-10-23-52(45)58-54(46)33-39/h1-34H. The number of furan rings is 2. The van der Waals surface area contributed by atoms with Crippen molar-refractivity contribution in [2.75, 3.05) is 0 Å². The van der Waals surface area contributed by atoms with Crippen molar-refractivity contribution in [3.63, 3.8) is 0 Å². The van der Waals surface area contributed by atoms with E-state index in [-0.39, 0.29) is 0 Å². The van der Waals surface area contributed by atoms with Gasteiger partial charge >= 0.3 is 0 Å². The van der Waals surface area contributed by atoms with Gasteiger partial charge in [-0.3, -0.25) is 0 Å². The molecule has 13 rings (SSSR count). The minimum Gasteiger partial charge on any atom is -0.456 e. The van der Waals surface area contributed by atoms with E-state index in [0.29, 0.717) is 0 Å². The van der Waals surface area contributed by atoms with E-state index in [1.165, 1.54) is 71.6 Å². The lowest BCUT2D eigenvalue weighted by molar-refractivity contribution is 0.669. The first-order chi connectivity index (χ1) is 29.2. The van der Waals surface area contributed by atoms with Gasteiger partial charge in [-0.1, -0.05) is 152 Å². The van der Waals surface area contributed by atoms with Crippen LogP contribution in [0.1, 0.15) is 22.3 Å². The molecule has 0 atom stereocenters. The summed E-state index contributed by atoms with van der Waals surface area (Å²) in [5.41, 5.74) is 15.2. The third kappa shape index (κ3) is 4.57. The molecule has 59 heavy (non-hydrogen) atoms. The predicted molar refractivity (Wildman–Crippen MR) is 244 cm³/mol. The fraction of sp³-hybridized carbons (Fsp3) is 0.0175. The fourth-order valence-electron chi connectivity index (χ4n) is 10.3. The zero-order valence-corrected chi connectivity index (χ0v) is 31.9. The molecule has 10 aromatic carbocycles. The molecule has 12 aromatic rings. The van der Waals surface area contributed by atoms with Crippen LogP contribution in [0.2, 0.25) is 0 Å². The Morgan fingerprint density at radius 3 is 1.71 bits per heavy atom. The van der Waals surface area contributed by atoms with Gasteiger partial charge in [-0.2, -0.15) is 0 Å². The molecule has 0 saturated carbocycles. The van der Waals surface area contributed by atoms with Gasteiger partial charge in [0, 0.05) is 21.5 Å². The summed E-state index contributed by atoms with van der Waals surface area (Å²) in [5.74, 6) is 0. The maximum absolute atomic E-state index is 6.57. The summed E-state index contributed by atoms with van der Waals surface area (Å²) in [6.45, 7) is 0. The van der Waals surface area contributed by atoms with Crippen molar-refractivity contribution in [2.24, 2.45) is 0 Å². The molecule has 0 bridgehead atoms. The second-order valence-electron chi connectivity index (χ2n) is 16.0. The van der Waals surface area contributed by atoms with Crippen molar-refractivity contribution >= 4 is 65.4 Å². The highest BCUT2D eigenvalue weighted by Gasteiger charge is 2.46. The average Bonchev–Trinajstić information content (AvgIpc) is 3.95. The van der Waals surface area contributed by atoms with Crippen LogP contribution < -0.4 is 0 Å². The summed E-state index contributed by atoms with van der Waals surface area (Å²) in [4.78, 5) is 0. The number of benzene rings is 10. The summed E-state index contributed by atoms with van der Waals surface area (Å²) in [5, 5.41) is 9.36. The lowest BCUT2D eigenvalue weighted by Gasteiger charge is -2.34. The van der Waals surface area contributed by atoms with Gasteiger partial charge in [-0.15, -0.1) is 0 Å². The number of rotatable bonds is 4. The average molecular weight is 751 g/mol. The fourth-order valence-corrected chi connectivity index (χ4v) is 10.3.